The Labute approximate surface area is 129 Å². The van der Waals surface area contributed by atoms with Crippen LogP contribution in [0, 0.1) is 17.4 Å². The zero-order valence-electron chi connectivity index (χ0n) is 10.6. The monoisotopic (exact) mass is 388 g/mol. The minimum Gasteiger partial charge on any atom is -0.484 e. The predicted molar refractivity (Wildman–Crippen MR) is 84.9 cm³/mol. The molecule has 0 bridgehead atoms. The molecule has 0 aliphatic carbocycles. The molecule has 1 amide bonds. The molecule has 0 fully saturated rings. The Kier molecular flexibility index (Phi) is 4.76. The van der Waals surface area contributed by atoms with Crippen LogP contribution in [-0.4, -0.2) is 17.5 Å². The van der Waals surface area contributed by atoms with E-state index in [1.54, 1.807) is 0 Å². The number of benzene rings is 1. The number of aromatic nitrogens is 1. The molecule has 2 aromatic rings. The molecule has 100 valence electrons. The third-order valence-corrected chi connectivity index (χ3v) is 4.17. The Morgan fingerprint density at radius 2 is 2.05 bits per heavy atom. The van der Waals surface area contributed by atoms with Gasteiger partial charge in [-0.05, 0) is 60.7 Å². The lowest BCUT2D eigenvalue weighted by atomic mass is 10.3. The van der Waals surface area contributed by atoms with E-state index in [0.717, 1.165) is 14.1 Å². The van der Waals surface area contributed by atoms with Crippen LogP contribution >= 0.6 is 33.9 Å². The number of anilines is 1. The Morgan fingerprint density at radius 1 is 1.37 bits per heavy atom. The molecule has 1 aromatic carbocycles. The highest BCUT2D eigenvalue weighted by Gasteiger charge is 2.08. The van der Waals surface area contributed by atoms with Crippen LogP contribution < -0.4 is 10.1 Å². The topological polar surface area (TPSA) is 51.2 Å². The lowest BCUT2D eigenvalue weighted by molar-refractivity contribution is -0.118. The summed E-state index contributed by atoms with van der Waals surface area (Å²) in [5.41, 5.74) is 0.943. The van der Waals surface area contributed by atoms with Gasteiger partial charge >= 0.3 is 0 Å². The number of nitrogens with zero attached hydrogens (tertiary/aromatic N) is 1. The largest absolute Gasteiger partial charge is 0.484 e. The standard InChI is InChI=1S/C13H13IN2O2S/c1-8-9(2)19-13(15-8)16-12(17)7-18-11-5-3-10(14)4-6-11/h3-6H,7H2,1-2H3,(H,15,16,17). The third-order valence-electron chi connectivity index (χ3n) is 2.46. The van der Waals surface area contributed by atoms with Crippen molar-refractivity contribution in [3.63, 3.8) is 0 Å². The van der Waals surface area contributed by atoms with Gasteiger partial charge in [0.1, 0.15) is 5.75 Å². The van der Waals surface area contributed by atoms with Gasteiger partial charge in [-0.1, -0.05) is 0 Å². The summed E-state index contributed by atoms with van der Waals surface area (Å²) in [5, 5.41) is 3.34. The molecular formula is C13H13IN2O2S. The van der Waals surface area contributed by atoms with Crippen LogP contribution in [0.25, 0.3) is 0 Å². The van der Waals surface area contributed by atoms with E-state index >= 15 is 0 Å². The third kappa shape index (κ3) is 4.17. The van der Waals surface area contributed by atoms with E-state index in [2.05, 4.69) is 32.9 Å². The van der Waals surface area contributed by atoms with Gasteiger partial charge < -0.3 is 4.74 Å². The van der Waals surface area contributed by atoms with Crippen LogP contribution in [0.5, 0.6) is 5.75 Å². The van der Waals surface area contributed by atoms with Crippen LogP contribution in [0.15, 0.2) is 24.3 Å². The van der Waals surface area contributed by atoms with E-state index in [1.807, 2.05) is 38.1 Å². The van der Waals surface area contributed by atoms with E-state index < -0.39 is 0 Å². The molecule has 0 radical (unpaired) electrons. The summed E-state index contributed by atoms with van der Waals surface area (Å²) < 4.78 is 6.52. The molecule has 2 rings (SSSR count). The van der Waals surface area contributed by atoms with E-state index in [1.165, 1.54) is 11.3 Å². The first-order chi connectivity index (χ1) is 9.04. The van der Waals surface area contributed by atoms with Crippen molar-refractivity contribution < 1.29 is 9.53 Å². The van der Waals surface area contributed by atoms with Crippen molar-refractivity contribution in [2.45, 2.75) is 13.8 Å². The number of hydrogen-bond acceptors (Lipinski definition) is 4. The van der Waals surface area contributed by atoms with Gasteiger partial charge in [-0.15, -0.1) is 11.3 Å². The van der Waals surface area contributed by atoms with E-state index in [0.29, 0.717) is 10.9 Å². The summed E-state index contributed by atoms with van der Waals surface area (Å²) in [6, 6.07) is 7.54. The van der Waals surface area contributed by atoms with Gasteiger partial charge in [0.15, 0.2) is 11.7 Å². The zero-order chi connectivity index (χ0) is 13.8. The smallest absolute Gasteiger partial charge is 0.264 e. The molecule has 0 spiro atoms. The van der Waals surface area contributed by atoms with Gasteiger partial charge in [0.25, 0.3) is 5.91 Å². The second-order valence-electron chi connectivity index (χ2n) is 3.95. The molecule has 0 saturated heterocycles. The van der Waals surface area contributed by atoms with Crippen molar-refractivity contribution in [1.29, 1.82) is 0 Å². The number of ether oxygens (including phenoxy) is 1. The lowest BCUT2D eigenvalue weighted by Crippen LogP contribution is -2.20. The first kappa shape index (κ1) is 14.3. The highest BCUT2D eigenvalue weighted by Crippen LogP contribution is 2.21. The maximum absolute atomic E-state index is 11.7. The number of carbonyl (C=O) groups excluding carboxylic acids is 1. The zero-order valence-corrected chi connectivity index (χ0v) is 13.5. The number of rotatable bonds is 4. The number of halogens is 1. The molecule has 1 aromatic heterocycles. The lowest BCUT2D eigenvalue weighted by Gasteiger charge is -2.05. The van der Waals surface area contributed by atoms with E-state index in [-0.39, 0.29) is 12.5 Å². The van der Waals surface area contributed by atoms with Gasteiger partial charge in [0.05, 0.1) is 5.69 Å². The minimum atomic E-state index is -0.202. The highest BCUT2D eigenvalue weighted by molar-refractivity contribution is 14.1. The van der Waals surface area contributed by atoms with Crippen LogP contribution in [-0.2, 0) is 4.79 Å². The number of carbonyl (C=O) groups is 1. The Hall–Kier alpha value is -1.15. The van der Waals surface area contributed by atoms with Crippen molar-refractivity contribution >= 4 is 45.0 Å². The molecule has 0 atom stereocenters. The van der Waals surface area contributed by atoms with Gasteiger partial charge in [-0.2, -0.15) is 0 Å². The molecule has 0 unspecified atom stereocenters. The number of thiazole rings is 1. The van der Waals surface area contributed by atoms with Gasteiger partial charge in [0, 0.05) is 8.45 Å². The Bertz CT molecular complexity index is 561. The number of nitrogens with one attached hydrogen (secondary N) is 1. The number of amides is 1. The minimum absolute atomic E-state index is 0.0156. The van der Waals surface area contributed by atoms with Gasteiger partial charge in [-0.25, -0.2) is 4.98 Å². The summed E-state index contributed by atoms with van der Waals surface area (Å²) in [6.45, 7) is 3.88. The number of aryl methyl sites for hydroxylation is 2. The average molecular weight is 388 g/mol. The van der Waals surface area contributed by atoms with Crippen LogP contribution in [0.3, 0.4) is 0 Å². The van der Waals surface area contributed by atoms with Crippen LogP contribution in [0.1, 0.15) is 10.6 Å². The van der Waals surface area contributed by atoms with Gasteiger partial charge in [-0.3, -0.25) is 10.1 Å². The van der Waals surface area contributed by atoms with Crippen LogP contribution in [0.4, 0.5) is 5.13 Å². The summed E-state index contributed by atoms with van der Waals surface area (Å²) in [4.78, 5) is 17.1. The number of hydrogen-bond donors (Lipinski definition) is 1. The molecular weight excluding hydrogens is 375 g/mol. The normalized spacial score (nSPS) is 10.3. The predicted octanol–water partition coefficient (Wildman–Crippen LogP) is 3.38. The molecule has 1 N–H and O–H groups in total. The van der Waals surface area contributed by atoms with E-state index in [9.17, 15) is 4.79 Å². The molecule has 6 heteroatoms. The Morgan fingerprint density at radius 3 is 2.63 bits per heavy atom. The highest BCUT2D eigenvalue weighted by atomic mass is 127. The molecule has 0 saturated carbocycles. The molecule has 19 heavy (non-hydrogen) atoms. The van der Waals surface area contributed by atoms with Crippen molar-refractivity contribution in [3.05, 3.63) is 38.4 Å². The fraction of sp³-hybridized carbons (Fsp3) is 0.231. The average Bonchev–Trinajstić information content (AvgIpc) is 2.67. The second-order valence-corrected chi connectivity index (χ2v) is 6.40. The summed E-state index contributed by atoms with van der Waals surface area (Å²) in [5.74, 6) is 0.481. The Balaban J connectivity index is 1.86. The fourth-order valence-electron chi connectivity index (χ4n) is 1.36. The van der Waals surface area contributed by atoms with Crippen molar-refractivity contribution in [1.82, 2.24) is 4.98 Å². The fourth-order valence-corrected chi connectivity index (χ4v) is 2.55. The van der Waals surface area contributed by atoms with Crippen molar-refractivity contribution in [2.24, 2.45) is 0 Å². The van der Waals surface area contributed by atoms with Gasteiger partial charge in [0.2, 0.25) is 0 Å². The molecule has 0 aliphatic heterocycles. The maximum Gasteiger partial charge on any atom is 0.264 e. The van der Waals surface area contributed by atoms with Crippen LogP contribution in [0.2, 0.25) is 0 Å². The van der Waals surface area contributed by atoms with Crippen molar-refractivity contribution in [3.8, 4) is 5.75 Å². The summed E-state index contributed by atoms with van der Waals surface area (Å²) >= 11 is 3.68. The molecule has 0 aliphatic rings. The molecule has 1 heterocycles. The molecule has 4 nitrogen and oxygen atoms in total. The van der Waals surface area contributed by atoms with Crippen molar-refractivity contribution in [2.75, 3.05) is 11.9 Å². The second kappa shape index (κ2) is 6.33. The first-order valence-electron chi connectivity index (χ1n) is 5.67. The summed E-state index contributed by atoms with van der Waals surface area (Å²) in [7, 11) is 0. The SMILES string of the molecule is Cc1nc(NC(=O)COc2ccc(I)cc2)sc1C. The summed E-state index contributed by atoms with van der Waals surface area (Å²) in [6.07, 6.45) is 0. The maximum atomic E-state index is 11.7. The van der Waals surface area contributed by atoms with E-state index in [4.69, 9.17) is 4.74 Å². The first-order valence-corrected chi connectivity index (χ1v) is 7.56. The quantitative estimate of drug-likeness (QED) is 0.818.